The summed E-state index contributed by atoms with van der Waals surface area (Å²) < 4.78 is 5.29. The Bertz CT molecular complexity index is 581. The summed E-state index contributed by atoms with van der Waals surface area (Å²) in [4.78, 5) is 3.19. The number of fused-ring (bicyclic) bond motifs is 1. The minimum Gasteiger partial charge on any atom is -0.496 e. The predicted octanol–water partition coefficient (Wildman–Crippen LogP) is 3.20. The van der Waals surface area contributed by atoms with Gasteiger partial charge in [0, 0.05) is 11.1 Å². The normalized spacial score (nSPS) is 10.4. The zero-order chi connectivity index (χ0) is 11.7. The number of nitrogens with zero attached hydrogens (tertiary/aromatic N) is 1. The van der Waals surface area contributed by atoms with E-state index in [1.54, 1.807) is 13.2 Å². The van der Waals surface area contributed by atoms with E-state index in [2.05, 4.69) is 11.1 Å². The molecular formula is C12H11ClN2O. The summed E-state index contributed by atoms with van der Waals surface area (Å²) in [6.07, 6.45) is 0.350. The lowest BCUT2D eigenvalue weighted by atomic mass is 10.1. The second kappa shape index (κ2) is 4.07. The number of halogens is 1. The summed E-state index contributed by atoms with van der Waals surface area (Å²) >= 11 is 6.10. The third-order valence-corrected chi connectivity index (χ3v) is 2.97. The van der Waals surface area contributed by atoms with Crippen LogP contribution in [0.3, 0.4) is 0 Å². The van der Waals surface area contributed by atoms with Crippen molar-refractivity contribution in [3.63, 3.8) is 0 Å². The van der Waals surface area contributed by atoms with Crippen molar-refractivity contribution in [2.75, 3.05) is 7.11 Å². The second-order valence-corrected chi connectivity index (χ2v) is 3.97. The molecule has 0 unspecified atom stereocenters. The Hall–Kier alpha value is -1.66. The molecule has 1 heterocycles. The topological polar surface area (TPSA) is 48.8 Å². The van der Waals surface area contributed by atoms with Crippen LogP contribution in [0.25, 0.3) is 10.9 Å². The summed E-state index contributed by atoms with van der Waals surface area (Å²) in [5, 5.41) is 10.4. The van der Waals surface area contributed by atoms with Crippen molar-refractivity contribution >= 4 is 22.5 Å². The van der Waals surface area contributed by atoms with Gasteiger partial charge in [-0.2, -0.15) is 5.26 Å². The number of aromatic nitrogens is 1. The number of ether oxygens (including phenoxy) is 1. The number of hydrogen-bond donors (Lipinski definition) is 1. The molecule has 1 aromatic heterocycles. The Morgan fingerprint density at radius 3 is 2.88 bits per heavy atom. The van der Waals surface area contributed by atoms with E-state index in [4.69, 9.17) is 21.6 Å². The number of nitriles is 1. The van der Waals surface area contributed by atoms with Crippen LogP contribution in [0.4, 0.5) is 0 Å². The van der Waals surface area contributed by atoms with Gasteiger partial charge in [-0.3, -0.25) is 0 Å². The van der Waals surface area contributed by atoms with Gasteiger partial charge in [0.05, 0.1) is 30.1 Å². The first-order valence-corrected chi connectivity index (χ1v) is 5.27. The van der Waals surface area contributed by atoms with Gasteiger partial charge in [-0.1, -0.05) is 11.6 Å². The van der Waals surface area contributed by atoms with Gasteiger partial charge in [0.15, 0.2) is 0 Å². The third-order valence-electron chi connectivity index (χ3n) is 2.66. The molecule has 0 atom stereocenters. The Morgan fingerprint density at radius 2 is 2.25 bits per heavy atom. The van der Waals surface area contributed by atoms with Gasteiger partial charge in [0.25, 0.3) is 0 Å². The quantitative estimate of drug-likeness (QED) is 0.868. The molecule has 0 amide bonds. The van der Waals surface area contributed by atoms with Gasteiger partial charge < -0.3 is 9.72 Å². The van der Waals surface area contributed by atoms with Crippen molar-refractivity contribution in [2.45, 2.75) is 13.3 Å². The van der Waals surface area contributed by atoms with Crippen LogP contribution in [-0.2, 0) is 6.42 Å². The van der Waals surface area contributed by atoms with E-state index in [1.807, 2.05) is 13.0 Å². The monoisotopic (exact) mass is 234 g/mol. The molecule has 2 aromatic rings. The van der Waals surface area contributed by atoms with Crippen molar-refractivity contribution in [3.8, 4) is 11.8 Å². The summed E-state index contributed by atoms with van der Waals surface area (Å²) in [6, 6.07) is 5.76. The minimum atomic E-state index is 0.350. The first-order valence-electron chi connectivity index (χ1n) is 4.89. The number of nitrogens with one attached hydrogen (secondary N) is 1. The van der Waals surface area contributed by atoms with E-state index in [0.717, 1.165) is 27.9 Å². The highest BCUT2D eigenvalue weighted by Crippen LogP contribution is 2.35. The number of rotatable bonds is 2. The number of methoxy groups -OCH3 is 1. The summed E-state index contributed by atoms with van der Waals surface area (Å²) in [7, 11) is 1.61. The molecular weight excluding hydrogens is 224 g/mol. The number of aromatic amines is 1. The summed E-state index contributed by atoms with van der Waals surface area (Å²) in [6.45, 7) is 1.93. The molecule has 1 aromatic carbocycles. The summed E-state index contributed by atoms with van der Waals surface area (Å²) in [5.41, 5.74) is 2.75. The molecule has 0 aliphatic rings. The van der Waals surface area contributed by atoms with Crippen molar-refractivity contribution in [2.24, 2.45) is 0 Å². The molecule has 4 heteroatoms. The Kier molecular flexibility index (Phi) is 2.76. The average Bonchev–Trinajstić information content (AvgIpc) is 2.59. The maximum absolute atomic E-state index is 8.82. The molecule has 0 spiro atoms. The van der Waals surface area contributed by atoms with Crippen LogP contribution in [0.15, 0.2) is 12.1 Å². The van der Waals surface area contributed by atoms with Gasteiger partial charge >= 0.3 is 0 Å². The lowest BCUT2D eigenvalue weighted by Gasteiger charge is -2.04. The molecule has 0 saturated carbocycles. The lowest BCUT2D eigenvalue weighted by Crippen LogP contribution is -1.87. The zero-order valence-corrected chi connectivity index (χ0v) is 9.85. The fourth-order valence-corrected chi connectivity index (χ4v) is 2.11. The number of benzene rings is 1. The van der Waals surface area contributed by atoms with Gasteiger partial charge in [-0.05, 0) is 24.6 Å². The molecule has 0 aliphatic carbocycles. The van der Waals surface area contributed by atoms with E-state index in [9.17, 15) is 0 Å². The van der Waals surface area contributed by atoms with Crippen molar-refractivity contribution in [3.05, 3.63) is 28.4 Å². The Labute approximate surface area is 98.6 Å². The highest BCUT2D eigenvalue weighted by molar-refractivity contribution is 6.35. The molecule has 82 valence electrons. The first-order chi connectivity index (χ1) is 7.69. The molecule has 0 aliphatic heterocycles. The molecule has 0 bridgehead atoms. The van der Waals surface area contributed by atoms with E-state index in [-0.39, 0.29) is 0 Å². The van der Waals surface area contributed by atoms with Crippen LogP contribution >= 0.6 is 11.6 Å². The van der Waals surface area contributed by atoms with Crippen LogP contribution in [0.5, 0.6) is 5.75 Å². The average molecular weight is 235 g/mol. The van der Waals surface area contributed by atoms with Crippen LogP contribution in [0.2, 0.25) is 5.02 Å². The van der Waals surface area contributed by atoms with Crippen molar-refractivity contribution in [1.29, 1.82) is 5.26 Å². The molecule has 0 saturated heterocycles. The predicted molar refractivity (Wildman–Crippen MR) is 63.9 cm³/mol. The zero-order valence-electron chi connectivity index (χ0n) is 9.10. The molecule has 2 rings (SSSR count). The minimum absolute atomic E-state index is 0.350. The lowest BCUT2D eigenvalue weighted by molar-refractivity contribution is 0.419. The van der Waals surface area contributed by atoms with Crippen molar-refractivity contribution < 1.29 is 4.74 Å². The van der Waals surface area contributed by atoms with E-state index >= 15 is 0 Å². The summed E-state index contributed by atoms with van der Waals surface area (Å²) in [5.74, 6) is 0.744. The standard InChI is InChI=1S/C12H11ClN2O/c1-7-8(5-6-14)11-10(16-2)4-3-9(13)12(11)15-7/h3-4,15H,5H2,1-2H3. The fourth-order valence-electron chi connectivity index (χ4n) is 1.90. The van der Waals surface area contributed by atoms with Crippen LogP contribution in [0.1, 0.15) is 11.3 Å². The van der Waals surface area contributed by atoms with Gasteiger partial charge in [0.1, 0.15) is 5.75 Å². The highest BCUT2D eigenvalue weighted by Gasteiger charge is 2.14. The van der Waals surface area contributed by atoms with Crippen LogP contribution < -0.4 is 4.74 Å². The highest BCUT2D eigenvalue weighted by atomic mass is 35.5. The Balaban J connectivity index is 2.84. The number of hydrogen-bond acceptors (Lipinski definition) is 2. The van der Waals surface area contributed by atoms with E-state index < -0.39 is 0 Å². The molecule has 0 fully saturated rings. The van der Waals surface area contributed by atoms with Gasteiger partial charge in [0.2, 0.25) is 0 Å². The van der Waals surface area contributed by atoms with Crippen LogP contribution in [0, 0.1) is 18.3 Å². The smallest absolute Gasteiger partial charge is 0.128 e. The third kappa shape index (κ3) is 1.52. The van der Waals surface area contributed by atoms with Gasteiger partial charge in [-0.15, -0.1) is 0 Å². The SMILES string of the molecule is COc1ccc(Cl)c2[nH]c(C)c(CC#N)c12. The van der Waals surface area contributed by atoms with E-state index in [0.29, 0.717) is 11.4 Å². The second-order valence-electron chi connectivity index (χ2n) is 3.56. The fraction of sp³-hybridized carbons (Fsp3) is 0.250. The molecule has 1 N–H and O–H groups in total. The largest absolute Gasteiger partial charge is 0.496 e. The maximum atomic E-state index is 8.82. The van der Waals surface area contributed by atoms with Gasteiger partial charge in [-0.25, -0.2) is 0 Å². The molecule has 0 radical (unpaired) electrons. The first kappa shape index (κ1) is 10.8. The molecule has 16 heavy (non-hydrogen) atoms. The maximum Gasteiger partial charge on any atom is 0.128 e. The number of H-pyrrole nitrogens is 1. The van der Waals surface area contributed by atoms with E-state index in [1.165, 1.54) is 0 Å². The van der Waals surface area contributed by atoms with Crippen molar-refractivity contribution in [1.82, 2.24) is 4.98 Å². The van der Waals surface area contributed by atoms with Crippen LogP contribution in [-0.4, -0.2) is 12.1 Å². The molecule has 3 nitrogen and oxygen atoms in total. The number of aryl methyl sites for hydroxylation is 1. The Morgan fingerprint density at radius 1 is 1.50 bits per heavy atom.